The minimum absolute atomic E-state index is 0.560. The van der Waals surface area contributed by atoms with Gasteiger partial charge in [-0.25, -0.2) is 4.98 Å². The van der Waals surface area contributed by atoms with Crippen LogP contribution in [0.1, 0.15) is 22.3 Å². The van der Waals surface area contributed by atoms with Crippen LogP contribution in [0.25, 0.3) is 55.9 Å². The number of ether oxygens (including phenoxy) is 1. The fourth-order valence-corrected chi connectivity index (χ4v) is 7.49. The van der Waals surface area contributed by atoms with E-state index in [1.807, 2.05) is 60.7 Å². The van der Waals surface area contributed by atoms with Gasteiger partial charge in [-0.15, -0.1) is 0 Å². The van der Waals surface area contributed by atoms with Gasteiger partial charge in [-0.05, 0) is 52.6 Å². The number of pyridine rings is 1. The molecule has 0 radical (unpaired) electrons. The average Bonchev–Trinajstić information content (AvgIpc) is 3.24. The lowest BCUT2D eigenvalue weighted by Crippen LogP contribution is -2.38. The van der Waals surface area contributed by atoms with E-state index in [4.69, 9.17) is 9.72 Å². The van der Waals surface area contributed by atoms with Crippen LogP contribution in [-0.4, -0.2) is 4.98 Å². The first-order valence-electron chi connectivity index (χ1n) is 17.4. The molecule has 0 spiro atoms. The summed E-state index contributed by atoms with van der Waals surface area (Å²) < 4.78 is 7.32. The number of aromatic nitrogens is 1. The molecule has 1 aliphatic heterocycles. The van der Waals surface area contributed by atoms with Crippen LogP contribution in [0.15, 0.2) is 194 Å². The first-order valence-corrected chi connectivity index (χ1v) is 17.4. The van der Waals surface area contributed by atoms with Crippen molar-refractivity contribution in [3.63, 3.8) is 0 Å². The fraction of sp³-hybridized carbons (Fsp3) is 0.0204. The van der Waals surface area contributed by atoms with E-state index in [1.165, 1.54) is 0 Å². The van der Waals surface area contributed by atoms with Crippen molar-refractivity contribution in [1.29, 1.82) is 5.26 Å². The largest absolute Gasteiger partial charge is 0.472 e. The zero-order chi connectivity index (χ0) is 34.9. The topological polar surface area (TPSA) is 45.9 Å². The van der Waals surface area contributed by atoms with E-state index in [1.54, 1.807) is 0 Å². The molecule has 0 bridgehead atoms. The minimum Gasteiger partial charge on any atom is -0.472 e. The first kappa shape index (κ1) is 31.0. The summed E-state index contributed by atoms with van der Waals surface area (Å²) in [5.74, 6) is 0.780. The minimum atomic E-state index is -0.864. The highest BCUT2D eigenvalue weighted by Gasteiger charge is 2.44. The maximum absolute atomic E-state index is 10.3. The molecule has 0 saturated heterocycles. The Morgan fingerprint density at radius 3 is 1.69 bits per heavy atom. The van der Waals surface area contributed by atoms with E-state index in [0.29, 0.717) is 5.56 Å². The van der Waals surface area contributed by atoms with Gasteiger partial charge in [-0.2, -0.15) is 5.26 Å². The Morgan fingerprint density at radius 1 is 0.442 bits per heavy atom. The molecule has 0 unspecified atom stereocenters. The second kappa shape index (κ2) is 13.0. The highest BCUT2D eigenvalue weighted by Crippen LogP contribution is 2.52. The molecular weight excluding hydrogens is 633 g/mol. The number of nitrogens with zero attached hydrogens (tertiary/aromatic N) is 2. The van der Waals surface area contributed by atoms with Gasteiger partial charge in [0.05, 0.1) is 23.0 Å². The summed E-state index contributed by atoms with van der Waals surface area (Å²) in [7, 11) is 0. The van der Waals surface area contributed by atoms with Crippen LogP contribution in [0.5, 0.6) is 5.75 Å². The summed E-state index contributed by atoms with van der Waals surface area (Å²) in [6, 6.07) is 69.0. The number of rotatable bonds is 6. The monoisotopic (exact) mass is 664 g/mol. The predicted molar refractivity (Wildman–Crippen MR) is 210 cm³/mol. The van der Waals surface area contributed by atoms with Crippen molar-refractivity contribution in [2.24, 2.45) is 0 Å². The first-order chi connectivity index (χ1) is 25.7. The molecule has 3 heteroatoms. The van der Waals surface area contributed by atoms with Gasteiger partial charge in [-0.1, -0.05) is 164 Å². The van der Waals surface area contributed by atoms with Gasteiger partial charge in [-0.3, -0.25) is 0 Å². The molecule has 1 aliphatic rings. The van der Waals surface area contributed by atoms with Crippen molar-refractivity contribution in [3.8, 4) is 67.7 Å². The standard InChI is InChI=1S/C49H32N2O/c50-33-34-29-38(31-39(30-34)48-42(35-15-5-1-6-16-35)27-28-46(51-48)36-17-7-2-8-18-36)37-25-26-44-43-23-13-14-24-45(43)49(52-47(44)32-37,40-19-9-3-10-20-40)41-21-11-4-12-22-41/h1-32H. The van der Waals surface area contributed by atoms with E-state index in [0.717, 1.165) is 78.3 Å². The van der Waals surface area contributed by atoms with Crippen molar-refractivity contribution < 1.29 is 4.74 Å². The van der Waals surface area contributed by atoms with E-state index in [-0.39, 0.29) is 0 Å². The highest BCUT2D eigenvalue weighted by atomic mass is 16.5. The second-order valence-corrected chi connectivity index (χ2v) is 13.0. The third kappa shape index (κ3) is 5.35. The number of nitriles is 1. The molecule has 244 valence electrons. The van der Waals surface area contributed by atoms with Crippen molar-refractivity contribution in [1.82, 2.24) is 4.98 Å². The Bertz CT molecular complexity index is 2550. The Hall–Kier alpha value is -7.02. The maximum Gasteiger partial charge on any atom is 0.185 e. The van der Waals surface area contributed by atoms with Crippen LogP contribution in [-0.2, 0) is 5.60 Å². The predicted octanol–water partition coefficient (Wildman–Crippen LogP) is 12.0. The Morgan fingerprint density at radius 2 is 1.02 bits per heavy atom. The molecule has 2 heterocycles. The van der Waals surface area contributed by atoms with Crippen LogP contribution >= 0.6 is 0 Å². The van der Waals surface area contributed by atoms with Gasteiger partial charge in [0, 0.05) is 38.9 Å². The molecule has 8 aromatic rings. The quantitative estimate of drug-likeness (QED) is 0.178. The molecule has 9 rings (SSSR count). The zero-order valence-corrected chi connectivity index (χ0v) is 28.3. The van der Waals surface area contributed by atoms with E-state index >= 15 is 0 Å². The van der Waals surface area contributed by atoms with Crippen LogP contribution in [0.2, 0.25) is 0 Å². The highest BCUT2D eigenvalue weighted by molar-refractivity contribution is 5.87. The molecule has 3 nitrogen and oxygen atoms in total. The van der Waals surface area contributed by atoms with Crippen molar-refractivity contribution in [2.45, 2.75) is 5.60 Å². The lowest BCUT2D eigenvalue weighted by molar-refractivity contribution is 0.152. The SMILES string of the molecule is N#Cc1cc(-c2ccc3c(c2)OC(c2ccccc2)(c2ccccc2)c2ccccc2-3)cc(-c2nc(-c3ccccc3)ccc2-c2ccccc2)c1. The Kier molecular flexibility index (Phi) is 7.76. The number of fused-ring (bicyclic) bond motifs is 3. The van der Waals surface area contributed by atoms with Crippen LogP contribution in [0, 0.1) is 11.3 Å². The zero-order valence-electron chi connectivity index (χ0n) is 28.3. The van der Waals surface area contributed by atoms with E-state index < -0.39 is 5.60 Å². The van der Waals surface area contributed by atoms with Crippen molar-refractivity contribution in [2.75, 3.05) is 0 Å². The third-order valence-corrected chi connectivity index (χ3v) is 9.92. The molecule has 7 aromatic carbocycles. The summed E-state index contributed by atoms with van der Waals surface area (Å²) >= 11 is 0. The third-order valence-electron chi connectivity index (χ3n) is 9.92. The average molecular weight is 665 g/mol. The van der Waals surface area contributed by atoms with Crippen molar-refractivity contribution in [3.05, 3.63) is 216 Å². The van der Waals surface area contributed by atoms with E-state index in [9.17, 15) is 5.26 Å². The summed E-state index contributed by atoms with van der Waals surface area (Å²) in [4.78, 5) is 5.25. The van der Waals surface area contributed by atoms with Gasteiger partial charge >= 0.3 is 0 Å². The Labute approximate surface area is 303 Å². The summed E-state index contributed by atoms with van der Waals surface area (Å²) in [6.07, 6.45) is 0. The molecule has 1 aromatic heterocycles. The van der Waals surface area contributed by atoms with Crippen LogP contribution in [0.4, 0.5) is 0 Å². The summed E-state index contributed by atoms with van der Waals surface area (Å²) in [6.45, 7) is 0. The molecule has 0 amide bonds. The number of hydrogen-bond acceptors (Lipinski definition) is 3. The molecule has 0 N–H and O–H groups in total. The molecule has 0 saturated carbocycles. The summed E-state index contributed by atoms with van der Waals surface area (Å²) in [5, 5.41) is 10.3. The van der Waals surface area contributed by atoms with Gasteiger partial charge in [0.25, 0.3) is 0 Å². The molecule has 0 fully saturated rings. The van der Waals surface area contributed by atoms with Gasteiger partial charge < -0.3 is 4.74 Å². The lowest BCUT2D eigenvalue weighted by Gasteiger charge is -2.41. The number of hydrogen-bond donors (Lipinski definition) is 0. The van der Waals surface area contributed by atoms with E-state index in [2.05, 4.69) is 140 Å². The fourth-order valence-electron chi connectivity index (χ4n) is 7.49. The maximum atomic E-state index is 10.3. The smallest absolute Gasteiger partial charge is 0.185 e. The molecule has 0 aliphatic carbocycles. The van der Waals surface area contributed by atoms with Gasteiger partial charge in [0.15, 0.2) is 5.60 Å². The van der Waals surface area contributed by atoms with Crippen molar-refractivity contribution >= 4 is 0 Å². The lowest BCUT2D eigenvalue weighted by atomic mass is 9.75. The normalized spacial score (nSPS) is 12.5. The summed E-state index contributed by atoms with van der Waals surface area (Å²) in [5.41, 5.74) is 12.6. The molecular formula is C49H32N2O. The molecule has 52 heavy (non-hydrogen) atoms. The van der Waals surface area contributed by atoms with Gasteiger partial charge in [0.1, 0.15) is 5.75 Å². The second-order valence-electron chi connectivity index (χ2n) is 13.0. The Balaban J connectivity index is 1.23. The molecule has 0 atom stereocenters. The number of benzene rings is 7. The van der Waals surface area contributed by atoms with Crippen LogP contribution < -0.4 is 4.74 Å². The van der Waals surface area contributed by atoms with Gasteiger partial charge in [0.2, 0.25) is 0 Å². The van der Waals surface area contributed by atoms with Crippen LogP contribution in [0.3, 0.4) is 0 Å².